The summed E-state index contributed by atoms with van der Waals surface area (Å²) in [6, 6.07) is 1.08. The van der Waals surface area contributed by atoms with Crippen molar-refractivity contribution < 1.29 is 13.2 Å². The van der Waals surface area contributed by atoms with E-state index in [4.69, 9.17) is 5.73 Å². The fourth-order valence-corrected chi connectivity index (χ4v) is 2.76. The molecule has 1 aromatic heterocycles. The van der Waals surface area contributed by atoms with E-state index >= 15 is 0 Å². The van der Waals surface area contributed by atoms with Crippen molar-refractivity contribution in [1.29, 1.82) is 0 Å². The lowest BCUT2D eigenvalue weighted by Crippen LogP contribution is -2.32. The number of aromatic nitrogens is 2. The van der Waals surface area contributed by atoms with E-state index in [9.17, 15) is 13.2 Å². The Bertz CT molecular complexity index is 461. The minimum atomic E-state index is -4.51. The third-order valence-electron chi connectivity index (χ3n) is 3.80. The van der Waals surface area contributed by atoms with Crippen molar-refractivity contribution in [3.8, 4) is 0 Å². The molecule has 1 heterocycles. The van der Waals surface area contributed by atoms with E-state index in [2.05, 4.69) is 22.2 Å². The predicted octanol–water partition coefficient (Wildman–Crippen LogP) is 3.46. The van der Waals surface area contributed by atoms with Gasteiger partial charge in [-0.1, -0.05) is 26.2 Å². The van der Waals surface area contributed by atoms with Gasteiger partial charge in [-0.25, -0.2) is 4.98 Å². The molecule has 1 saturated carbocycles. The highest BCUT2D eigenvalue weighted by molar-refractivity contribution is 5.42. The van der Waals surface area contributed by atoms with Crippen molar-refractivity contribution in [2.45, 2.75) is 51.2 Å². The number of nitrogens with zero attached hydrogens (tertiary/aromatic N) is 2. The summed E-state index contributed by atoms with van der Waals surface area (Å²) in [5, 5.41) is 3.10. The third-order valence-corrected chi connectivity index (χ3v) is 3.80. The molecule has 0 saturated heterocycles. The Hall–Kier alpha value is -1.53. The van der Waals surface area contributed by atoms with Crippen LogP contribution in [0.2, 0.25) is 0 Å². The van der Waals surface area contributed by atoms with Gasteiger partial charge in [-0.05, 0) is 18.8 Å². The van der Waals surface area contributed by atoms with Gasteiger partial charge in [0.05, 0.1) is 0 Å². The summed E-state index contributed by atoms with van der Waals surface area (Å²) in [5.41, 5.74) is 4.36. The van der Waals surface area contributed by atoms with Gasteiger partial charge in [0, 0.05) is 12.1 Å². The van der Waals surface area contributed by atoms with Crippen LogP contribution in [0.1, 0.15) is 44.7 Å². The van der Waals surface area contributed by atoms with Gasteiger partial charge >= 0.3 is 6.18 Å². The number of halogens is 3. The van der Waals surface area contributed by atoms with Crippen molar-refractivity contribution in [3.05, 3.63) is 11.8 Å². The molecule has 1 aromatic rings. The summed E-state index contributed by atoms with van der Waals surface area (Å²) in [4.78, 5) is 7.10. The molecule has 0 radical (unpaired) electrons. The zero-order valence-corrected chi connectivity index (χ0v) is 11.4. The Labute approximate surface area is 116 Å². The summed E-state index contributed by atoms with van der Waals surface area (Å²) in [6.07, 6.45) is 0.802. The largest absolute Gasteiger partial charge is 0.433 e. The topological polar surface area (TPSA) is 63.8 Å². The van der Waals surface area contributed by atoms with Crippen molar-refractivity contribution in [3.63, 3.8) is 0 Å². The normalized spacial score (nSPS) is 23.6. The summed E-state index contributed by atoms with van der Waals surface area (Å²) >= 11 is 0. The summed E-state index contributed by atoms with van der Waals surface area (Å²) in [5.74, 6) is 0.274. The van der Waals surface area contributed by atoms with Crippen molar-refractivity contribution in [2.24, 2.45) is 5.92 Å². The SMILES string of the molecule is CCC1CCCCC1Nc1cc(C(F)(F)F)nc(N)n1. The Morgan fingerprint density at radius 1 is 1.30 bits per heavy atom. The maximum Gasteiger partial charge on any atom is 0.433 e. The Balaban J connectivity index is 2.18. The summed E-state index contributed by atoms with van der Waals surface area (Å²) < 4.78 is 38.1. The molecular weight excluding hydrogens is 269 g/mol. The van der Waals surface area contributed by atoms with E-state index in [1.807, 2.05) is 0 Å². The van der Waals surface area contributed by atoms with E-state index in [0.29, 0.717) is 5.92 Å². The first kappa shape index (κ1) is 14.9. The Morgan fingerprint density at radius 2 is 2.00 bits per heavy atom. The molecule has 2 unspecified atom stereocenters. The van der Waals surface area contributed by atoms with Crippen LogP contribution in [0.25, 0.3) is 0 Å². The number of rotatable bonds is 3. The zero-order chi connectivity index (χ0) is 14.8. The van der Waals surface area contributed by atoms with Gasteiger partial charge in [0.15, 0.2) is 5.69 Å². The molecule has 1 aliphatic rings. The molecule has 0 spiro atoms. The lowest BCUT2D eigenvalue weighted by Gasteiger charge is -2.32. The number of anilines is 2. The minimum absolute atomic E-state index is 0.157. The Morgan fingerprint density at radius 3 is 2.65 bits per heavy atom. The van der Waals surface area contributed by atoms with E-state index in [1.165, 1.54) is 6.42 Å². The highest BCUT2D eigenvalue weighted by Crippen LogP contribution is 2.32. The molecule has 1 fully saturated rings. The zero-order valence-electron chi connectivity index (χ0n) is 11.4. The van der Waals surface area contributed by atoms with Crippen LogP contribution in [0, 0.1) is 5.92 Å². The fraction of sp³-hybridized carbons (Fsp3) is 0.692. The van der Waals surface area contributed by atoms with Crippen molar-refractivity contribution in [1.82, 2.24) is 9.97 Å². The summed E-state index contributed by atoms with van der Waals surface area (Å²) in [7, 11) is 0. The first-order chi connectivity index (χ1) is 9.40. The van der Waals surface area contributed by atoms with E-state index in [-0.39, 0.29) is 17.8 Å². The molecule has 3 N–H and O–H groups in total. The molecule has 2 atom stereocenters. The van der Waals surface area contributed by atoms with Crippen molar-refractivity contribution >= 4 is 11.8 Å². The van der Waals surface area contributed by atoms with Gasteiger partial charge in [-0.3, -0.25) is 0 Å². The van der Waals surface area contributed by atoms with Crippen LogP contribution in [0.3, 0.4) is 0 Å². The minimum Gasteiger partial charge on any atom is -0.368 e. The molecule has 2 rings (SSSR count). The number of hydrogen-bond acceptors (Lipinski definition) is 4. The first-order valence-electron chi connectivity index (χ1n) is 6.88. The van der Waals surface area contributed by atoms with Crippen LogP contribution in [0.4, 0.5) is 24.9 Å². The van der Waals surface area contributed by atoms with E-state index < -0.39 is 11.9 Å². The quantitative estimate of drug-likeness (QED) is 0.894. The number of nitrogen functional groups attached to an aromatic ring is 1. The second-order valence-corrected chi connectivity index (χ2v) is 5.20. The third kappa shape index (κ3) is 3.52. The highest BCUT2D eigenvalue weighted by Gasteiger charge is 2.34. The van der Waals surface area contributed by atoms with Gasteiger partial charge in [0.1, 0.15) is 5.82 Å². The van der Waals surface area contributed by atoms with Crippen LogP contribution >= 0.6 is 0 Å². The average Bonchev–Trinajstić information content (AvgIpc) is 2.37. The number of hydrogen-bond donors (Lipinski definition) is 2. The maximum absolute atomic E-state index is 12.7. The molecule has 1 aliphatic carbocycles. The molecular formula is C13H19F3N4. The maximum atomic E-state index is 12.7. The highest BCUT2D eigenvalue weighted by atomic mass is 19.4. The second kappa shape index (κ2) is 5.85. The monoisotopic (exact) mass is 288 g/mol. The molecule has 20 heavy (non-hydrogen) atoms. The average molecular weight is 288 g/mol. The van der Waals surface area contributed by atoms with Gasteiger partial charge in [0.2, 0.25) is 5.95 Å². The fourth-order valence-electron chi connectivity index (χ4n) is 2.76. The van der Waals surface area contributed by atoms with Gasteiger partial charge in [0.25, 0.3) is 0 Å². The van der Waals surface area contributed by atoms with Gasteiger partial charge < -0.3 is 11.1 Å². The first-order valence-corrected chi connectivity index (χ1v) is 6.88. The van der Waals surface area contributed by atoms with Crippen molar-refractivity contribution in [2.75, 3.05) is 11.1 Å². The van der Waals surface area contributed by atoms with Crippen LogP contribution in [-0.2, 0) is 6.18 Å². The molecule has 0 aliphatic heterocycles. The van der Waals surface area contributed by atoms with Gasteiger partial charge in [-0.2, -0.15) is 18.2 Å². The molecule has 0 amide bonds. The summed E-state index contributed by atoms with van der Waals surface area (Å²) in [6.45, 7) is 2.10. The standard InChI is InChI=1S/C13H19F3N4/c1-2-8-5-3-4-6-9(8)18-11-7-10(13(14,15)16)19-12(17)20-11/h7-9H,2-6H2,1H3,(H3,17,18,19,20). The lowest BCUT2D eigenvalue weighted by atomic mass is 9.83. The molecule has 0 bridgehead atoms. The lowest BCUT2D eigenvalue weighted by molar-refractivity contribution is -0.141. The number of nitrogens with one attached hydrogen (secondary N) is 1. The number of alkyl halides is 3. The van der Waals surface area contributed by atoms with Crippen LogP contribution in [0.5, 0.6) is 0 Å². The van der Waals surface area contributed by atoms with E-state index in [1.54, 1.807) is 0 Å². The second-order valence-electron chi connectivity index (χ2n) is 5.20. The number of nitrogens with two attached hydrogens (primary N) is 1. The van der Waals surface area contributed by atoms with Crippen LogP contribution in [0.15, 0.2) is 6.07 Å². The molecule has 112 valence electrons. The van der Waals surface area contributed by atoms with Gasteiger partial charge in [-0.15, -0.1) is 0 Å². The van der Waals surface area contributed by atoms with Crippen LogP contribution in [-0.4, -0.2) is 16.0 Å². The van der Waals surface area contributed by atoms with E-state index in [0.717, 1.165) is 31.7 Å². The molecule has 0 aromatic carbocycles. The molecule has 4 nitrogen and oxygen atoms in total. The predicted molar refractivity (Wildman–Crippen MR) is 71.1 cm³/mol. The van der Waals surface area contributed by atoms with Crippen LogP contribution < -0.4 is 11.1 Å². The molecule has 7 heteroatoms. The smallest absolute Gasteiger partial charge is 0.368 e. The Kier molecular flexibility index (Phi) is 4.35.